The summed E-state index contributed by atoms with van der Waals surface area (Å²) in [6, 6.07) is 0. The zero-order chi connectivity index (χ0) is 79.4. The van der Waals surface area contributed by atoms with Crippen LogP contribution in [-0.2, 0) is 55.8 Å². The third kappa shape index (κ3) is 83.9. The molecule has 624 valence electrons. The van der Waals surface area contributed by atoms with Gasteiger partial charge in [-0.15, -0.1) is 0 Å². The van der Waals surface area contributed by atoms with E-state index in [0.29, 0.717) is 19.3 Å². The summed E-state index contributed by atoms with van der Waals surface area (Å²) in [4.78, 5) is 58.8. The number of unbranched alkanes of at least 4 members (excludes halogenated alkanes) is 31. The normalized spacial score (nSPS) is 14.7. The molecule has 0 saturated heterocycles. The Kier molecular flexibility index (Phi) is 79.0. The molecule has 5 atom stereocenters. The second kappa shape index (κ2) is 82.6. The molecular formula is C91H154O16P2. The van der Waals surface area contributed by atoms with E-state index in [4.69, 9.17) is 32.3 Å². The van der Waals surface area contributed by atoms with Crippen molar-refractivity contribution in [3.8, 4) is 0 Å². The monoisotopic (exact) mass is 1570 g/mol. The van der Waals surface area contributed by atoms with Gasteiger partial charge in [-0.2, -0.15) is 0 Å². The van der Waals surface area contributed by atoms with Gasteiger partial charge in [0.15, 0.2) is 6.10 Å². The number of aliphatic hydroxyl groups excluding tert-OH is 2. The summed E-state index contributed by atoms with van der Waals surface area (Å²) in [6.45, 7) is 2.50. The molecule has 5 unspecified atom stereocenters. The van der Waals surface area contributed by atoms with Gasteiger partial charge >= 0.3 is 33.6 Å². The number of carbonyl (C=O) groups excluding carboxylic acids is 3. The molecule has 0 saturated carbocycles. The summed E-state index contributed by atoms with van der Waals surface area (Å²) in [5.74, 6) is -1.61. The van der Waals surface area contributed by atoms with Gasteiger partial charge in [0.25, 0.3) is 0 Å². The Morgan fingerprint density at radius 3 is 0.771 bits per heavy atom. The van der Waals surface area contributed by atoms with Crippen LogP contribution in [0.15, 0.2) is 158 Å². The highest BCUT2D eigenvalue weighted by Crippen LogP contribution is 2.45. The molecule has 4 N–H and O–H groups in total. The highest BCUT2D eigenvalue weighted by Gasteiger charge is 2.29. The number of phosphoric acid groups is 2. The predicted molar refractivity (Wildman–Crippen MR) is 454 cm³/mol. The van der Waals surface area contributed by atoms with Crippen molar-refractivity contribution in [2.45, 2.75) is 360 Å². The zero-order valence-corrected chi connectivity index (χ0v) is 70.2. The number of esters is 3. The molecule has 0 bridgehead atoms. The maximum atomic E-state index is 13.0. The second-order valence-electron chi connectivity index (χ2n) is 28.2. The summed E-state index contributed by atoms with van der Waals surface area (Å²) in [5, 5.41) is 20.7. The lowest BCUT2D eigenvalue weighted by atomic mass is 10.0. The predicted octanol–water partition coefficient (Wildman–Crippen LogP) is 25.8. The molecule has 0 heterocycles. The van der Waals surface area contributed by atoms with Crippen molar-refractivity contribution in [1.29, 1.82) is 0 Å². The molecule has 18 heteroatoms. The number of carbonyl (C=O) groups is 3. The fraction of sp³-hybridized carbons (Fsp3) is 0.681. The first-order valence-electron chi connectivity index (χ1n) is 42.8. The third-order valence-corrected chi connectivity index (χ3v) is 19.6. The first kappa shape index (κ1) is 104. The fourth-order valence-electron chi connectivity index (χ4n) is 11.2. The van der Waals surface area contributed by atoms with E-state index in [1.54, 1.807) is 0 Å². The van der Waals surface area contributed by atoms with Crippen LogP contribution in [0.5, 0.6) is 0 Å². The van der Waals surface area contributed by atoms with E-state index in [1.807, 2.05) is 0 Å². The lowest BCUT2D eigenvalue weighted by molar-refractivity contribution is -0.161. The van der Waals surface area contributed by atoms with Gasteiger partial charge in [-0.25, -0.2) is 9.13 Å². The molecule has 109 heavy (non-hydrogen) atoms. The van der Waals surface area contributed by atoms with Gasteiger partial charge in [0.1, 0.15) is 25.4 Å². The summed E-state index contributed by atoms with van der Waals surface area (Å²) in [5.41, 5.74) is 0. The second-order valence-corrected chi connectivity index (χ2v) is 31.2. The van der Waals surface area contributed by atoms with E-state index in [-0.39, 0.29) is 19.3 Å². The number of aliphatic hydroxyl groups is 2. The van der Waals surface area contributed by atoms with E-state index < -0.39 is 91.5 Å². The molecule has 0 spiro atoms. The average molecular weight is 1570 g/mol. The van der Waals surface area contributed by atoms with Gasteiger partial charge in [0.2, 0.25) is 0 Å². The summed E-state index contributed by atoms with van der Waals surface area (Å²) < 4.78 is 61.3. The van der Waals surface area contributed by atoms with Crippen molar-refractivity contribution in [2.75, 3.05) is 39.6 Å². The highest BCUT2D eigenvalue weighted by atomic mass is 31.2. The number of hydrogen-bond donors (Lipinski definition) is 4. The number of allylic oxidation sites excluding steroid dienone is 26. The fourth-order valence-corrected chi connectivity index (χ4v) is 12.8. The molecule has 0 amide bonds. The van der Waals surface area contributed by atoms with E-state index in [1.165, 1.54) is 103 Å². The molecule has 0 radical (unpaired) electrons. The van der Waals surface area contributed by atoms with Crippen LogP contribution in [0.2, 0.25) is 0 Å². The van der Waals surface area contributed by atoms with Crippen LogP contribution in [0.3, 0.4) is 0 Å². The van der Waals surface area contributed by atoms with E-state index in [2.05, 4.69) is 179 Å². The van der Waals surface area contributed by atoms with Gasteiger partial charge in [-0.05, 0) is 154 Å². The minimum absolute atomic E-state index is 0.0816. The molecule has 0 aromatic rings. The molecule has 0 aliphatic heterocycles. The van der Waals surface area contributed by atoms with Crippen molar-refractivity contribution in [3.05, 3.63) is 158 Å². The SMILES string of the molecule is CC/C=C\C/C=C\C/C=C\C/C=C\C/C=C\C/C=C\CCCCCCCCC(=O)OCC(COP(=O)(O)OCC(O)COP(=O)(O)OCC(O)COC(=O)CCCCCCCCCCCCCCC/C=C\C/C=C\C/C=C\C/C=C\CCCCC)OC(=O)CCCCCCCC/C=C\C/C=C\C/C=C\CCCCC. The van der Waals surface area contributed by atoms with E-state index >= 15 is 0 Å². The Morgan fingerprint density at radius 1 is 0.266 bits per heavy atom. The van der Waals surface area contributed by atoms with Gasteiger partial charge in [-0.3, -0.25) is 32.5 Å². The Hall–Kier alpha value is -4.83. The van der Waals surface area contributed by atoms with Crippen molar-refractivity contribution < 1.29 is 75.8 Å². The number of phosphoric ester groups is 2. The Balaban J connectivity index is 4.63. The molecule has 0 fully saturated rings. The summed E-state index contributed by atoms with van der Waals surface area (Å²) in [6.07, 6.45) is 104. The molecular weight excluding hydrogens is 1410 g/mol. The molecule has 0 rings (SSSR count). The van der Waals surface area contributed by atoms with Gasteiger partial charge in [0.05, 0.1) is 26.4 Å². The summed E-state index contributed by atoms with van der Waals surface area (Å²) in [7, 11) is -9.82. The van der Waals surface area contributed by atoms with Crippen molar-refractivity contribution in [3.63, 3.8) is 0 Å². The van der Waals surface area contributed by atoms with Gasteiger partial charge in [0, 0.05) is 19.3 Å². The quantitative estimate of drug-likeness (QED) is 0.0146. The first-order chi connectivity index (χ1) is 53.2. The van der Waals surface area contributed by atoms with Crippen molar-refractivity contribution in [1.82, 2.24) is 0 Å². The van der Waals surface area contributed by atoms with Gasteiger partial charge < -0.3 is 34.2 Å². The van der Waals surface area contributed by atoms with Crippen LogP contribution < -0.4 is 0 Å². The van der Waals surface area contributed by atoms with E-state index in [0.717, 1.165) is 180 Å². The lowest BCUT2D eigenvalue weighted by Gasteiger charge is -2.21. The van der Waals surface area contributed by atoms with Crippen LogP contribution in [-0.4, -0.2) is 95.9 Å². The van der Waals surface area contributed by atoms with Crippen LogP contribution in [0.1, 0.15) is 342 Å². The topological polar surface area (TPSA) is 231 Å². The molecule has 0 aliphatic carbocycles. The van der Waals surface area contributed by atoms with Crippen LogP contribution in [0.4, 0.5) is 0 Å². The largest absolute Gasteiger partial charge is 0.472 e. The van der Waals surface area contributed by atoms with Crippen molar-refractivity contribution in [2.24, 2.45) is 0 Å². The molecule has 0 aromatic heterocycles. The van der Waals surface area contributed by atoms with Crippen LogP contribution >= 0.6 is 15.6 Å². The van der Waals surface area contributed by atoms with Crippen LogP contribution in [0, 0.1) is 0 Å². The number of ether oxygens (including phenoxy) is 3. The Morgan fingerprint density at radius 2 is 0.486 bits per heavy atom. The van der Waals surface area contributed by atoms with Gasteiger partial charge in [-0.1, -0.05) is 326 Å². The smallest absolute Gasteiger partial charge is 0.463 e. The average Bonchev–Trinajstić information content (AvgIpc) is 0.906. The van der Waals surface area contributed by atoms with Crippen molar-refractivity contribution >= 4 is 33.6 Å². The third-order valence-electron chi connectivity index (χ3n) is 17.7. The van der Waals surface area contributed by atoms with Crippen LogP contribution in [0.25, 0.3) is 0 Å². The summed E-state index contributed by atoms with van der Waals surface area (Å²) >= 11 is 0. The number of hydrogen-bond acceptors (Lipinski definition) is 14. The number of rotatable bonds is 80. The zero-order valence-electron chi connectivity index (χ0n) is 68.4. The maximum Gasteiger partial charge on any atom is 0.472 e. The molecule has 16 nitrogen and oxygen atoms in total. The van der Waals surface area contributed by atoms with E-state index in [9.17, 15) is 43.5 Å². The first-order valence-corrected chi connectivity index (χ1v) is 45.8. The highest BCUT2D eigenvalue weighted by molar-refractivity contribution is 7.47. The standard InChI is InChI=1S/C91H154O16P2/c1-4-7-10-13-16-19-22-25-28-31-34-36-38-40-41-42-43-45-47-48-51-53-56-59-62-65-68-71-74-77-89(94)101-80-86(92)81-103-108(97,98)104-82-87(93)83-105-109(99,100)106-85-88(107-91(96)79-76-73-70-67-64-61-58-55-50-33-30-27-24-21-18-15-12-9-6-3)84-102-90(95)78-75-72-69-66-63-60-57-54-52-49-46-44-39-37-35-32-29-26-23-20-17-14-11-8-5-2/h8,11,16-21,25-30,34-37,40-41,44,46,50,52,54-55,86-88,92-93H,4-7,9-10,12-15,22-24,31-33,38-39,42-43,45,47-49,51,53,56-85H2,1-3H3,(H,97,98)(H,99,100)/b11-8-,19-16-,20-17-,21-18-,28-25-,29-26-,30-27-,36-34-,37-35-,41-40-,46-44-,54-52-,55-50-. The molecule has 0 aliphatic rings. The minimum atomic E-state index is -4.95. The maximum absolute atomic E-state index is 13.0. The Labute approximate surface area is 663 Å². The minimum Gasteiger partial charge on any atom is -0.463 e. The lowest BCUT2D eigenvalue weighted by Crippen LogP contribution is -2.30. The molecule has 0 aromatic carbocycles. The Bertz CT molecular complexity index is 2610.